The number of carbonyl (C=O) groups excluding carboxylic acids is 1. The number of amides is 1. The lowest BCUT2D eigenvalue weighted by atomic mass is 10.3. The number of aromatic nitrogens is 3. The summed E-state index contributed by atoms with van der Waals surface area (Å²) in [7, 11) is 3.67. The number of rotatable bonds is 5. The van der Waals surface area contributed by atoms with E-state index in [1.54, 1.807) is 18.3 Å². The molecule has 0 saturated carbocycles. The van der Waals surface area contributed by atoms with Gasteiger partial charge < -0.3 is 9.47 Å². The molecule has 0 saturated heterocycles. The fourth-order valence-corrected chi connectivity index (χ4v) is 1.29. The van der Waals surface area contributed by atoms with Gasteiger partial charge in [-0.15, -0.1) is 10.2 Å². The molecule has 1 rings (SSSR count). The van der Waals surface area contributed by atoms with Crippen LogP contribution >= 0.6 is 0 Å². The molecular formula is C10H19N5O. The van der Waals surface area contributed by atoms with E-state index in [2.05, 4.69) is 15.5 Å². The van der Waals surface area contributed by atoms with Crippen LogP contribution in [0.15, 0.2) is 6.33 Å². The molecule has 1 N–H and O–H groups in total. The summed E-state index contributed by atoms with van der Waals surface area (Å²) >= 11 is 0. The topological polar surface area (TPSA) is 63.1 Å². The highest BCUT2D eigenvalue weighted by Crippen LogP contribution is 1.95. The molecule has 0 aliphatic heterocycles. The average molecular weight is 225 g/mol. The molecule has 16 heavy (non-hydrogen) atoms. The van der Waals surface area contributed by atoms with Crippen molar-refractivity contribution in [3.63, 3.8) is 0 Å². The van der Waals surface area contributed by atoms with Crippen LogP contribution in [0, 0.1) is 0 Å². The Kier molecular flexibility index (Phi) is 4.42. The summed E-state index contributed by atoms with van der Waals surface area (Å²) in [5.74, 6) is 0.906. The molecule has 1 atom stereocenters. The largest absolute Gasteiger partial charge is 0.345 e. The smallest absolute Gasteiger partial charge is 0.239 e. The van der Waals surface area contributed by atoms with E-state index in [9.17, 15) is 4.79 Å². The molecular weight excluding hydrogens is 206 g/mol. The minimum Gasteiger partial charge on any atom is -0.345 e. The van der Waals surface area contributed by atoms with Gasteiger partial charge in [0.05, 0.1) is 12.6 Å². The van der Waals surface area contributed by atoms with Gasteiger partial charge in [0.15, 0.2) is 0 Å². The van der Waals surface area contributed by atoms with Crippen LogP contribution in [0.3, 0.4) is 0 Å². The van der Waals surface area contributed by atoms with Gasteiger partial charge in [-0.3, -0.25) is 10.1 Å². The number of likely N-dealkylation sites (N-methyl/N-ethyl adjacent to an activating group) is 1. The summed E-state index contributed by atoms with van der Waals surface area (Å²) in [5, 5.41) is 10.8. The number of hydrogen-bond acceptors (Lipinski definition) is 4. The molecule has 6 heteroatoms. The predicted molar refractivity (Wildman–Crippen MR) is 60.6 cm³/mol. The van der Waals surface area contributed by atoms with Gasteiger partial charge in [0.2, 0.25) is 5.91 Å². The monoisotopic (exact) mass is 225 g/mol. The normalized spacial score (nSPS) is 12.5. The minimum atomic E-state index is -0.207. The summed E-state index contributed by atoms with van der Waals surface area (Å²) in [6, 6.07) is -0.207. The van der Waals surface area contributed by atoms with Gasteiger partial charge in [0, 0.05) is 20.6 Å². The summed E-state index contributed by atoms with van der Waals surface area (Å²) < 4.78 is 1.83. The highest BCUT2D eigenvalue weighted by atomic mass is 16.2. The Morgan fingerprint density at radius 2 is 2.38 bits per heavy atom. The second-order valence-corrected chi connectivity index (χ2v) is 3.81. The molecule has 90 valence electrons. The first-order valence-electron chi connectivity index (χ1n) is 5.37. The minimum absolute atomic E-state index is 0.0877. The SMILES string of the molecule is CCN(C)C(=O)C(C)NCc1nncn1C. The highest BCUT2D eigenvalue weighted by molar-refractivity contribution is 5.81. The van der Waals surface area contributed by atoms with Crippen molar-refractivity contribution in [1.82, 2.24) is 25.0 Å². The number of hydrogen-bond donors (Lipinski definition) is 1. The maximum Gasteiger partial charge on any atom is 0.239 e. The van der Waals surface area contributed by atoms with Gasteiger partial charge >= 0.3 is 0 Å². The number of nitrogens with one attached hydrogen (secondary N) is 1. The van der Waals surface area contributed by atoms with Gasteiger partial charge in [0.25, 0.3) is 0 Å². The van der Waals surface area contributed by atoms with Crippen molar-refractivity contribution in [2.24, 2.45) is 7.05 Å². The van der Waals surface area contributed by atoms with Gasteiger partial charge in [-0.2, -0.15) is 0 Å². The van der Waals surface area contributed by atoms with Crippen LogP contribution < -0.4 is 5.32 Å². The molecule has 0 bridgehead atoms. The van der Waals surface area contributed by atoms with Crippen LogP contribution in [0.5, 0.6) is 0 Å². The summed E-state index contributed by atoms with van der Waals surface area (Å²) in [4.78, 5) is 13.4. The third-order valence-corrected chi connectivity index (χ3v) is 2.59. The van der Waals surface area contributed by atoms with E-state index in [4.69, 9.17) is 0 Å². The molecule has 1 aromatic rings. The summed E-state index contributed by atoms with van der Waals surface area (Å²) in [6.45, 7) is 5.06. The van der Waals surface area contributed by atoms with E-state index in [0.717, 1.165) is 12.4 Å². The predicted octanol–water partition coefficient (Wildman–Crippen LogP) is -0.228. The standard InChI is InChI=1S/C10H19N5O/c1-5-14(3)10(16)8(2)11-6-9-13-12-7-15(9)4/h7-8,11H,5-6H2,1-4H3. The van der Waals surface area contributed by atoms with E-state index in [-0.39, 0.29) is 11.9 Å². The van der Waals surface area contributed by atoms with Crippen molar-refractivity contribution in [2.75, 3.05) is 13.6 Å². The third kappa shape index (κ3) is 3.03. The fourth-order valence-electron chi connectivity index (χ4n) is 1.29. The summed E-state index contributed by atoms with van der Waals surface area (Å²) in [5.41, 5.74) is 0. The maximum atomic E-state index is 11.7. The van der Waals surface area contributed by atoms with Crippen molar-refractivity contribution >= 4 is 5.91 Å². The van der Waals surface area contributed by atoms with Crippen LogP contribution in [0.4, 0.5) is 0 Å². The Labute approximate surface area is 95.6 Å². The summed E-state index contributed by atoms with van der Waals surface area (Å²) in [6.07, 6.45) is 1.64. The molecule has 1 amide bonds. The van der Waals surface area contributed by atoms with E-state index in [1.165, 1.54) is 0 Å². The van der Waals surface area contributed by atoms with Crippen molar-refractivity contribution in [3.8, 4) is 0 Å². The number of aryl methyl sites for hydroxylation is 1. The Morgan fingerprint density at radius 1 is 1.69 bits per heavy atom. The zero-order valence-corrected chi connectivity index (χ0v) is 10.3. The first-order valence-corrected chi connectivity index (χ1v) is 5.37. The van der Waals surface area contributed by atoms with Crippen LogP contribution in [0.2, 0.25) is 0 Å². The zero-order chi connectivity index (χ0) is 12.1. The van der Waals surface area contributed by atoms with E-state index in [1.807, 2.05) is 25.5 Å². The molecule has 1 heterocycles. The maximum absolute atomic E-state index is 11.7. The molecule has 0 fully saturated rings. The van der Waals surface area contributed by atoms with Crippen LogP contribution in [0.25, 0.3) is 0 Å². The quantitative estimate of drug-likeness (QED) is 0.752. The fraction of sp³-hybridized carbons (Fsp3) is 0.700. The Balaban J connectivity index is 2.44. The van der Waals surface area contributed by atoms with Crippen molar-refractivity contribution in [2.45, 2.75) is 26.4 Å². The Bertz CT molecular complexity index is 349. The zero-order valence-electron chi connectivity index (χ0n) is 10.3. The van der Waals surface area contributed by atoms with E-state index >= 15 is 0 Å². The van der Waals surface area contributed by atoms with Crippen molar-refractivity contribution in [1.29, 1.82) is 0 Å². The molecule has 0 spiro atoms. The lowest BCUT2D eigenvalue weighted by Crippen LogP contribution is -2.43. The van der Waals surface area contributed by atoms with Gasteiger partial charge in [-0.25, -0.2) is 0 Å². The Morgan fingerprint density at radius 3 is 2.88 bits per heavy atom. The first-order chi connectivity index (χ1) is 7.56. The highest BCUT2D eigenvalue weighted by Gasteiger charge is 2.16. The van der Waals surface area contributed by atoms with Gasteiger partial charge in [-0.05, 0) is 13.8 Å². The number of nitrogens with zero attached hydrogens (tertiary/aromatic N) is 4. The first kappa shape index (κ1) is 12.6. The molecule has 0 aromatic carbocycles. The second-order valence-electron chi connectivity index (χ2n) is 3.81. The van der Waals surface area contributed by atoms with Crippen LogP contribution in [-0.4, -0.2) is 45.2 Å². The number of carbonyl (C=O) groups is 1. The van der Waals surface area contributed by atoms with Crippen molar-refractivity contribution < 1.29 is 4.79 Å². The Hall–Kier alpha value is -1.43. The lowest BCUT2D eigenvalue weighted by molar-refractivity contribution is -0.131. The molecule has 0 aliphatic carbocycles. The lowest BCUT2D eigenvalue weighted by Gasteiger charge is -2.20. The van der Waals surface area contributed by atoms with Crippen molar-refractivity contribution in [3.05, 3.63) is 12.2 Å². The molecule has 0 radical (unpaired) electrons. The molecule has 0 aliphatic rings. The van der Waals surface area contributed by atoms with Crippen LogP contribution in [0.1, 0.15) is 19.7 Å². The van der Waals surface area contributed by atoms with E-state index in [0.29, 0.717) is 6.54 Å². The van der Waals surface area contributed by atoms with Gasteiger partial charge in [-0.1, -0.05) is 0 Å². The molecule has 6 nitrogen and oxygen atoms in total. The third-order valence-electron chi connectivity index (χ3n) is 2.59. The molecule has 1 aromatic heterocycles. The van der Waals surface area contributed by atoms with E-state index < -0.39 is 0 Å². The molecule has 1 unspecified atom stereocenters. The average Bonchev–Trinajstić information content (AvgIpc) is 2.69. The van der Waals surface area contributed by atoms with Crippen LogP contribution in [-0.2, 0) is 18.4 Å². The van der Waals surface area contributed by atoms with Gasteiger partial charge in [0.1, 0.15) is 12.2 Å². The second kappa shape index (κ2) is 5.60.